The van der Waals surface area contributed by atoms with Crippen LogP contribution in [0.5, 0.6) is 0 Å². The number of rotatable bonds is 3. The first-order chi connectivity index (χ1) is 8.48. The van der Waals surface area contributed by atoms with Gasteiger partial charge in [-0.1, -0.05) is 6.07 Å². The Bertz CT molecular complexity index is 481. The van der Waals surface area contributed by atoms with Gasteiger partial charge in [0.2, 0.25) is 10.0 Å². The minimum absolute atomic E-state index is 0.111. The normalized spacial score (nSPS) is 18.3. The lowest BCUT2D eigenvalue weighted by atomic mass is 10.1. The summed E-state index contributed by atoms with van der Waals surface area (Å²) in [4.78, 5) is 6.52. The van der Waals surface area contributed by atoms with E-state index < -0.39 is 10.0 Å². The van der Waals surface area contributed by atoms with Crippen LogP contribution < -0.4 is 4.90 Å². The number of aromatic nitrogens is 1. The van der Waals surface area contributed by atoms with Crippen molar-refractivity contribution >= 4 is 15.8 Å². The van der Waals surface area contributed by atoms with Crippen molar-refractivity contribution in [3.8, 4) is 0 Å². The Labute approximate surface area is 108 Å². The van der Waals surface area contributed by atoms with E-state index in [1.807, 2.05) is 18.2 Å². The molecule has 0 atom stereocenters. The predicted molar refractivity (Wildman–Crippen MR) is 72.1 cm³/mol. The SMILES string of the molecule is CN(C1CCN(c2ccccn2)CC1)S(C)(=O)=O. The predicted octanol–water partition coefficient (Wildman–Crippen LogP) is 0.942. The first kappa shape index (κ1) is 13.3. The number of pyridine rings is 1. The van der Waals surface area contributed by atoms with Gasteiger partial charge in [-0.15, -0.1) is 0 Å². The second-order valence-electron chi connectivity index (χ2n) is 4.69. The van der Waals surface area contributed by atoms with Gasteiger partial charge in [0, 0.05) is 32.4 Å². The number of sulfonamides is 1. The van der Waals surface area contributed by atoms with Crippen molar-refractivity contribution in [1.29, 1.82) is 0 Å². The van der Waals surface area contributed by atoms with Crippen molar-refractivity contribution in [2.24, 2.45) is 0 Å². The van der Waals surface area contributed by atoms with Gasteiger partial charge in [-0.25, -0.2) is 17.7 Å². The van der Waals surface area contributed by atoms with Crippen LogP contribution in [0.3, 0.4) is 0 Å². The van der Waals surface area contributed by atoms with Crippen LogP contribution in [0.1, 0.15) is 12.8 Å². The van der Waals surface area contributed by atoms with Crippen LogP contribution in [0.25, 0.3) is 0 Å². The highest BCUT2D eigenvalue weighted by Crippen LogP contribution is 2.21. The minimum Gasteiger partial charge on any atom is -0.357 e. The van der Waals surface area contributed by atoms with E-state index in [4.69, 9.17) is 0 Å². The molecule has 0 N–H and O–H groups in total. The van der Waals surface area contributed by atoms with E-state index >= 15 is 0 Å². The molecule has 0 aromatic carbocycles. The van der Waals surface area contributed by atoms with Crippen LogP contribution >= 0.6 is 0 Å². The molecule has 1 saturated heterocycles. The molecule has 0 spiro atoms. The Morgan fingerprint density at radius 2 is 2.00 bits per heavy atom. The summed E-state index contributed by atoms with van der Waals surface area (Å²) in [5, 5.41) is 0. The van der Waals surface area contributed by atoms with E-state index in [0.717, 1.165) is 31.7 Å². The highest BCUT2D eigenvalue weighted by Gasteiger charge is 2.27. The topological polar surface area (TPSA) is 53.5 Å². The van der Waals surface area contributed by atoms with Crippen molar-refractivity contribution in [1.82, 2.24) is 9.29 Å². The van der Waals surface area contributed by atoms with E-state index in [-0.39, 0.29) is 6.04 Å². The molecule has 0 radical (unpaired) electrons. The van der Waals surface area contributed by atoms with Gasteiger partial charge in [-0.05, 0) is 25.0 Å². The van der Waals surface area contributed by atoms with Crippen LogP contribution in [-0.4, -0.2) is 50.1 Å². The van der Waals surface area contributed by atoms with Crippen molar-refractivity contribution in [2.45, 2.75) is 18.9 Å². The minimum atomic E-state index is -3.09. The van der Waals surface area contributed by atoms with E-state index in [0.29, 0.717) is 0 Å². The quantitative estimate of drug-likeness (QED) is 0.819. The van der Waals surface area contributed by atoms with E-state index in [9.17, 15) is 8.42 Å². The fourth-order valence-corrected chi connectivity index (χ4v) is 3.02. The number of anilines is 1. The maximum Gasteiger partial charge on any atom is 0.211 e. The Morgan fingerprint density at radius 3 is 2.50 bits per heavy atom. The number of hydrogen-bond acceptors (Lipinski definition) is 4. The molecular formula is C12H19N3O2S. The zero-order chi connectivity index (χ0) is 13.2. The fourth-order valence-electron chi connectivity index (χ4n) is 2.27. The van der Waals surface area contributed by atoms with E-state index in [1.165, 1.54) is 10.6 Å². The van der Waals surface area contributed by atoms with Gasteiger partial charge in [-0.2, -0.15) is 0 Å². The number of hydrogen-bond donors (Lipinski definition) is 0. The zero-order valence-electron chi connectivity index (χ0n) is 10.8. The van der Waals surface area contributed by atoms with Crippen molar-refractivity contribution in [2.75, 3.05) is 31.3 Å². The van der Waals surface area contributed by atoms with Crippen LogP contribution in [0.15, 0.2) is 24.4 Å². The zero-order valence-corrected chi connectivity index (χ0v) is 11.6. The third-order valence-electron chi connectivity index (χ3n) is 3.48. The molecule has 0 saturated carbocycles. The van der Waals surface area contributed by atoms with Gasteiger partial charge in [0.25, 0.3) is 0 Å². The highest BCUT2D eigenvalue weighted by atomic mass is 32.2. The van der Waals surface area contributed by atoms with Gasteiger partial charge in [0.15, 0.2) is 0 Å². The maximum absolute atomic E-state index is 11.5. The summed E-state index contributed by atoms with van der Waals surface area (Å²) >= 11 is 0. The Kier molecular flexibility index (Phi) is 3.87. The summed E-state index contributed by atoms with van der Waals surface area (Å²) in [6, 6.07) is 5.96. The summed E-state index contributed by atoms with van der Waals surface area (Å²) in [5.74, 6) is 0.970. The van der Waals surface area contributed by atoms with Crippen LogP contribution in [-0.2, 0) is 10.0 Å². The molecule has 0 bridgehead atoms. The van der Waals surface area contributed by atoms with Crippen LogP contribution in [0.4, 0.5) is 5.82 Å². The second kappa shape index (κ2) is 5.24. The van der Waals surface area contributed by atoms with E-state index in [2.05, 4.69) is 9.88 Å². The van der Waals surface area contributed by atoms with Crippen molar-refractivity contribution in [3.05, 3.63) is 24.4 Å². The molecule has 1 fully saturated rings. The molecule has 1 aliphatic heterocycles. The summed E-state index contributed by atoms with van der Waals surface area (Å²) in [7, 11) is -1.42. The maximum atomic E-state index is 11.5. The molecule has 6 heteroatoms. The van der Waals surface area contributed by atoms with Gasteiger partial charge in [0.05, 0.1) is 6.26 Å². The third-order valence-corrected chi connectivity index (χ3v) is 4.82. The molecule has 1 aliphatic rings. The third kappa shape index (κ3) is 3.00. The van der Waals surface area contributed by atoms with Gasteiger partial charge in [0.1, 0.15) is 5.82 Å². The van der Waals surface area contributed by atoms with Crippen LogP contribution in [0, 0.1) is 0 Å². The number of piperidine rings is 1. The Hall–Kier alpha value is -1.14. The molecule has 5 nitrogen and oxygen atoms in total. The van der Waals surface area contributed by atoms with Crippen LogP contribution in [0.2, 0.25) is 0 Å². The van der Waals surface area contributed by atoms with E-state index in [1.54, 1.807) is 13.2 Å². The molecule has 100 valence electrons. The molecular weight excluding hydrogens is 250 g/mol. The Balaban J connectivity index is 1.97. The fraction of sp³-hybridized carbons (Fsp3) is 0.583. The standard InChI is InChI=1S/C12H19N3O2S/c1-14(18(2,16)17)11-6-9-15(10-7-11)12-5-3-4-8-13-12/h3-5,8,11H,6-7,9-10H2,1-2H3. The van der Waals surface area contributed by atoms with Crippen molar-refractivity contribution in [3.63, 3.8) is 0 Å². The lowest BCUT2D eigenvalue weighted by Gasteiger charge is -2.36. The second-order valence-corrected chi connectivity index (χ2v) is 6.73. The monoisotopic (exact) mass is 269 g/mol. The first-order valence-electron chi connectivity index (χ1n) is 6.07. The summed E-state index contributed by atoms with van der Waals surface area (Å²) in [6.45, 7) is 1.70. The molecule has 1 aromatic rings. The molecule has 1 aromatic heterocycles. The summed E-state index contributed by atoms with van der Waals surface area (Å²) in [5.41, 5.74) is 0. The number of nitrogens with zero attached hydrogens (tertiary/aromatic N) is 3. The molecule has 2 rings (SSSR count). The van der Waals surface area contributed by atoms with Gasteiger partial charge < -0.3 is 4.90 Å². The van der Waals surface area contributed by atoms with Crippen molar-refractivity contribution < 1.29 is 8.42 Å². The smallest absolute Gasteiger partial charge is 0.211 e. The summed E-state index contributed by atoms with van der Waals surface area (Å²) < 4.78 is 24.5. The molecule has 0 unspecified atom stereocenters. The molecule has 2 heterocycles. The van der Waals surface area contributed by atoms with Gasteiger partial charge >= 0.3 is 0 Å². The Morgan fingerprint density at radius 1 is 1.33 bits per heavy atom. The lowest BCUT2D eigenvalue weighted by molar-refractivity contribution is 0.313. The highest BCUT2D eigenvalue weighted by molar-refractivity contribution is 7.88. The largest absolute Gasteiger partial charge is 0.357 e. The molecule has 0 amide bonds. The average molecular weight is 269 g/mol. The first-order valence-corrected chi connectivity index (χ1v) is 7.92. The molecule has 0 aliphatic carbocycles. The molecule has 18 heavy (non-hydrogen) atoms. The average Bonchev–Trinajstić information content (AvgIpc) is 2.38. The van der Waals surface area contributed by atoms with Gasteiger partial charge in [-0.3, -0.25) is 0 Å². The summed E-state index contributed by atoms with van der Waals surface area (Å²) in [6.07, 6.45) is 4.74. The lowest BCUT2D eigenvalue weighted by Crippen LogP contribution is -2.45.